The fourth-order valence-corrected chi connectivity index (χ4v) is 3.42. The van der Waals surface area contributed by atoms with Gasteiger partial charge in [0.25, 0.3) is 0 Å². The lowest BCUT2D eigenvalue weighted by molar-refractivity contribution is -0.127. The summed E-state index contributed by atoms with van der Waals surface area (Å²) < 4.78 is 0. The first-order chi connectivity index (χ1) is 13.6. The maximum absolute atomic E-state index is 12.6. The van der Waals surface area contributed by atoms with Gasteiger partial charge in [-0.2, -0.15) is 0 Å². The second-order valence-corrected chi connectivity index (χ2v) is 7.12. The highest BCUT2D eigenvalue weighted by Gasteiger charge is 2.30. The number of benzene rings is 3. The van der Waals surface area contributed by atoms with Gasteiger partial charge in [-0.15, -0.1) is 0 Å². The summed E-state index contributed by atoms with van der Waals surface area (Å²) in [4.78, 5) is 24.4. The first-order valence-electron chi connectivity index (χ1n) is 9.46. The highest BCUT2D eigenvalue weighted by molar-refractivity contribution is 5.90. The van der Waals surface area contributed by atoms with Gasteiger partial charge in [0.05, 0.1) is 12.6 Å². The lowest BCUT2D eigenvalue weighted by atomic mass is 9.92. The number of aromatic hydroxyl groups is 1. The van der Waals surface area contributed by atoms with E-state index in [4.69, 9.17) is 0 Å². The minimum Gasteiger partial charge on any atom is -0.508 e. The van der Waals surface area contributed by atoms with E-state index >= 15 is 0 Å². The lowest BCUT2D eigenvalue weighted by Gasteiger charge is -2.23. The van der Waals surface area contributed by atoms with Crippen LogP contribution in [-0.4, -0.2) is 23.5 Å². The molecule has 0 spiro atoms. The zero-order chi connectivity index (χ0) is 19.5. The Morgan fingerprint density at radius 1 is 0.964 bits per heavy atom. The average Bonchev–Trinajstić information content (AvgIpc) is 3.57. The number of phenolic OH excluding ortho intramolecular Hbond substituents is 1. The molecule has 0 bridgehead atoms. The summed E-state index contributed by atoms with van der Waals surface area (Å²) in [6.45, 7) is -0.0792. The summed E-state index contributed by atoms with van der Waals surface area (Å²) in [6.07, 6.45) is 1.79. The molecule has 1 fully saturated rings. The van der Waals surface area contributed by atoms with Crippen molar-refractivity contribution in [1.29, 1.82) is 0 Å². The number of carbonyl (C=O) groups excluding carboxylic acids is 2. The standard InChI is InChI=1S/C23H22N2O3/c26-19-13-12-15-6-4-5-9-18(15)21(19)22(16-7-2-1-3-8-16)25-20(27)14-24-23(28)17-10-11-17/h1-9,12-13,17,22,26H,10-11,14H2,(H,24,28)(H,25,27). The maximum atomic E-state index is 12.6. The Labute approximate surface area is 163 Å². The van der Waals surface area contributed by atoms with Crippen molar-refractivity contribution in [1.82, 2.24) is 10.6 Å². The number of carbonyl (C=O) groups is 2. The van der Waals surface area contributed by atoms with E-state index in [1.54, 1.807) is 6.07 Å². The van der Waals surface area contributed by atoms with Gasteiger partial charge < -0.3 is 15.7 Å². The molecule has 1 aliphatic carbocycles. The molecule has 1 saturated carbocycles. The van der Waals surface area contributed by atoms with E-state index < -0.39 is 6.04 Å². The molecule has 5 heteroatoms. The van der Waals surface area contributed by atoms with Gasteiger partial charge in [0.15, 0.2) is 0 Å². The summed E-state index contributed by atoms with van der Waals surface area (Å²) in [5, 5.41) is 18.2. The molecule has 0 saturated heterocycles. The Bertz CT molecular complexity index is 1010. The van der Waals surface area contributed by atoms with Crippen LogP contribution in [0.3, 0.4) is 0 Å². The van der Waals surface area contributed by atoms with Crippen LogP contribution in [0.1, 0.15) is 30.0 Å². The van der Waals surface area contributed by atoms with Crippen LogP contribution in [0.2, 0.25) is 0 Å². The van der Waals surface area contributed by atoms with Crippen molar-refractivity contribution in [2.24, 2.45) is 5.92 Å². The lowest BCUT2D eigenvalue weighted by Crippen LogP contribution is -2.39. The average molecular weight is 374 g/mol. The number of hydrogen-bond acceptors (Lipinski definition) is 3. The van der Waals surface area contributed by atoms with E-state index in [2.05, 4.69) is 10.6 Å². The molecule has 0 aliphatic heterocycles. The van der Waals surface area contributed by atoms with Crippen molar-refractivity contribution in [3.05, 3.63) is 77.9 Å². The van der Waals surface area contributed by atoms with Crippen LogP contribution in [0.25, 0.3) is 10.8 Å². The molecule has 0 aromatic heterocycles. The molecular weight excluding hydrogens is 352 g/mol. The highest BCUT2D eigenvalue weighted by Crippen LogP contribution is 2.35. The first-order valence-corrected chi connectivity index (χ1v) is 9.46. The number of nitrogens with one attached hydrogen (secondary N) is 2. The summed E-state index contributed by atoms with van der Waals surface area (Å²) >= 11 is 0. The van der Waals surface area contributed by atoms with Crippen LogP contribution in [0.5, 0.6) is 5.75 Å². The van der Waals surface area contributed by atoms with Crippen molar-refractivity contribution in [2.45, 2.75) is 18.9 Å². The third-order valence-electron chi connectivity index (χ3n) is 5.05. The molecule has 3 aromatic carbocycles. The molecule has 4 rings (SSSR count). The van der Waals surface area contributed by atoms with E-state index in [-0.39, 0.29) is 30.0 Å². The van der Waals surface area contributed by atoms with E-state index in [1.807, 2.05) is 60.7 Å². The zero-order valence-corrected chi connectivity index (χ0v) is 15.4. The van der Waals surface area contributed by atoms with Crippen molar-refractivity contribution in [3.63, 3.8) is 0 Å². The number of phenols is 1. The molecule has 1 aliphatic rings. The summed E-state index contributed by atoms with van der Waals surface area (Å²) in [6, 6.07) is 20.2. The molecule has 0 heterocycles. The quantitative estimate of drug-likeness (QED) is 0.620. The molecule has 2 amide bonds. The number of hydrogen-bond donors (Lipinski definition) is 3. The fourth-order valence-electron chi connectivity index (χ4n) is 3.42. The third kappa shape index (κ3) is 3.83. The van der Waals surface area contributed by atoms with E-state index in [1.165, 1.54) is 0 Å². The second-order valence-electron chi connectivity index (χ2n) is 7.12. The van der Waals surface area contributed by atoms with E-state index in [0.29, 0.717) is 5.56 Å². The normalized spacial score (nSPS) is 14.4. The molecule has 3 aromatic rings. The number of rotatable bonds is 6. The Hall–Kier alpha value is -3.34. The molecule has 1 unspecified atom stereocenters. The maximum Gasteiger partial charge on any atom is 0.240 e. The summed E-state index contributed by atoms with van der Waals surface area (Å²) in [5.41, 5.74) is 1.50. The van der Waals surface area contributed by atoms with Gasteiger partial charge in [-0.25, -0.2) is 0 Å². The molecule has 5 nitrogen and oxygen atoms in total. The van der Waals surface area contributed by atoms with Crippen LogP contribution in [0.4, 0.5) is 0 Å². The Morgan fingerprint density at radius 3 is 2.43 bits per heavy atom. The Balaban J connectivity index is 1.66. The molecule has 0 radical (unpaired) electrons. The molecule has 3 N–H and O–H groups in total. The summed E-state index contributed by atoms with van der Waals surface area (Å²) in [7, 11) is 0. The predicted octanol–water partition coefficient (Wildman–Crippen LogP) is 3.28. The Kier molecular flexibility index (Phi) is 4.98. The molecule has 28 heavy (non-hydrogen) atoms. The van der Waals surface area contributed by atoms with Crippen LogP contribution >= 0.6 is 0 Å². The monoisotopic (exact) mass is 374 g/mol. The van der Waals surface area contributed by atoms with Gasteiger partial charge in [-0.1, -0.05) is 60.7 Å². The van der Waals surface area contributed by atoms with Crippen molar-refractivity contribution >= 4 is 22.6 Å². The third-order valence-corrected chi connectivity index (χ3v) is 5.05. The first kappa shape index (κ1) is 18.0. The molecular formula is C23H22N2O3. The van der Waals surface area contributed by atoms with E-state index in [0.717, 1.165) is 29.2 Å². The SMILES string of the molecule is O=C(CNC(=O)C1CC1)NC(c1ccccc1)c1c(O)ccc2ccccc12. The van der Waals surface area contributed by atoms with Crippen LogP contribution < -0.4 is 10.6 Å². The van der Waals surface area contributed by atoms with Gasteiger partial charge in [0, 0.05) is 11.5 Å². The van der Waals surface area contributed by atoms with Crippen molar-refractivity contribution in [3.8, 4) is 5.75 Å². The number of amides is 2. The smallest absolute Gasteiger partial charge is 0.240 e. The summed E-state index contributed by atoms with van der Waals surface area (Å²) in [5.74, 6) is -0.190. The zero-order valence-electron chi connectivity index (χ0n) is 15.4. The van der Waals surface area contributed by atoms with Gasteiger partial charge in [-0.3, -0.25) is 9.59 Å². The Morgan fingerprint density at radius 2 is 1.68 bits per heavy atom. The van der Waals surface area contributed by atoms with Gasteiger partial charge in [0.1, 0.15) is 5.75 Å². The molecule has 1 atom stereocenters. The predicted molar refractivity (Wildman–Crippen MR) is 108 cm³/mol. The minimum atomic E-state index is -0.530. The number of fused-ring (bicyclic) bond motifs is 1. The minimum absolute atomic E-state index is 0.0554. The second kappa shape index (κ2) is 7.72. The largest absolute Gasteiger partial charge is 0.508 e. The van der Waals surface area contributed by atoms with Gasteiger partial charge >= 0.3 is 0 Å². The van der Waals surface area contributed by atoms with Gasteiger partial charge in [0.2, 0.25) is 11.8 Å². The van der Waals surface area contributed by atoms with E-state index in [9.17, 15) is 14.7 Å². The molecule has 142 valence electrons. The highest BCUT2D eigenvalue weighted by atomic mass is 16.3. The van der Waals surface area contributed by atoms with Gasteiger partial charge in [-0.05, 0) is 35.2 Å². The van der Waals surface area contributed by atoms with Crippen LogP contribution in [0, 0.1) is 5.92 Å². The van der Waals surface area contributed by atoms with Crippen LogP contribution in [-0.2, 0) is 9.59 Å². The fraction of sp³-hybridized carbons (Fsp3) is 0.217. The van der Waals surface area contributed by atoms with Crippen LogP contribution in [0.15, 0.2) is 66.7 Å². The van der Waals surface area contributed by atoms with Crippen molar-refractivity contribution in [2.75, 3.05) is 6.54 Å². The topological polar surface area (TPSA) is 78.4 Å². The van der Waals surface area contributed by atoms with Crippen molar-refractivity contribution < 1.29 is 14.7 Å².